The Morgan fingerprint density at radius 2 is 2.14 bits per heavy atom. The van der Waals surface area contributed by atoms with Crippen LogP contribution in [0.1, 0.15) is 44.6 Å². The van der Waals surface area contributed by atoms with E-state index in [1.165, 1.54) is 25.3 Å². The first-order chi connectivity index (χ1) is 10.6. The Labute approximate surface area is 131 Å². The molecule has 1 amide bonds. The van der Waals surface area contributed by atoms with Gasteiger partial charge in [-0.2, -0.15) is 0 Å². The van der Waals surface area contributed by atoms with Crippen molar-refractivity contribution in [3.63, 3.8) is 0 Å². The number of carbonyl (C=O) groups is 1. The van der Waals surface area contributed by atoms with Gasteiger partial charge in [0.05, 0.1) is 12.2 Å². The van der Waals surface area contributed by atoms with E-state index in [1.807, 2.05) is 11.0 Å². The lowest BCUT2D eigenvalue weighted by Crippen LogP contribution is -2.46. The van der Waals surface area contributed by atoms with Crippen molar-refractivity contribution in [2.24, 2.45) is 5.92 Å². The Bertz CT molecular complexity index is 546. The summed E-state index contributed by atoms with van der Waals surface area (Å²) in [6.07, 6.45) is 6.58. The molecular weight excluding hydrogens is 279 g/mol. The molecule has 3 nitrogen and oxygen atoms in total. The Hall–Kier alpha value is -1.58. The number of nitrogens with one attached hydrogen (secondary N) is 1. The molecule has 1 fully saturated rings. The van der Waals surface area contributed by atoms with E-state index in [2.05, 4.69) is 12.2 Å². The Kier molecular flexibility index (Phi) is 4.65. The molecular formula is C18H25FN2O. The van der Waals surface area contributed by atoms with E-state index in [4.69, 9.17) is 0 Å². The maximum absolute atomic E-state index is 14.1. The molecule has 1 saturated carbocycles. The minimum atomic E-state index is -0.212. The monoisotopic (exact) mass is 304 g/mol. The zero-order valence-corrected chi connectivity index (χ0v) is 13.3. The molecule has 3 rings (SSSR count). The second-order valence-electron chi connectivity index (χ2n) is 6.71. The van der Waals surface area contributed by atoms with Gasteiger partial charge in [0.2, 0.25) is 5.91 Å². The second kappa shape index (κ2) is 6.67. The highest BCUT2D eigenvalue weighted by atomic mass is 19.1. The molecule has 120 valence electrons. The predicted octanol–water partition coefficient (Wildman–Crippen LogP) is 3.27. The molecule has 0 aromatic heterocycles. The third kappa shape index (κ3) is 3.26. The smallest absolute Gasteiger partial charge is 0.239 e. The first-order valence-corrected chi connectivity index (χ1v) is 8.47. The average Bonchev–Trinajstić information content (AvgIpc) is 2.50. The number of hydrogen-bond acceptors (Lipinski definition) is 2. The number of aryl methyl sites for hydroxylation is 1. The van der Waals surface area contributed by atoms with Crippen molar-refractivity contribution in [1.82, 2.24) is 5.32 Å². The van der Waals surface area contributed by atoms with Crippen molar-refractivity contribution in [3.05, 3.63) is 29.6 Å². The van der Waals surface area contributed by atoms with E-state index in [0.717, 1.165) is 31.4 Å². The van der Waals surface area contributed by atoms with Crippen LogP contribution in [0.15, 0.2) is 18.2 Å². The molecule has 0 spiro atoms. The normalized spacial score (nSPS) is 24.7. The lowest BCUT2D eigenvalue weighted by molar-refractivity contribution is -0.121. The standard InChI is InChI=1S/C18H25FN2O/c1-13-6-2-3-10-16(13)20-17(22)12-21-11-5-8-14-7-4-9-15(19)18(14)21/h4,7,9,13,16H,2-3,5-6,8,10-12H2,1H3,(H,20,22)/t13-,16-/m1/s1. The average molecular weight is 304 g/mol. The number of carbonyl (C=O) groups excluding carboxylic acids is 1. The minimum absolute atomic E-state index is 0.0230. The molecule has 4 heteroatoms. The highest BCUT2D eigenvalue weighted by Gasteiger charge is 2.26. The van der Waals surface area contributed by atoms with Gasteiger partial charge in [-0.1, -0.05) is 31.9 Å². The Balaban J connectivity index is 1.65. The van der Waals surface area contributed by atoms with Crippen LogP contribution in [0.25, 0.3) is 0 Å². The number of amides is 1. The molecule has 2 aliphatic rings. The fourth-order valence-electron chi connectivity index (χ4n) is 3.80. The van der Waals surface area contributed by atoms with Gasteiger partial charge in [-0.25, -0.2) is 4.39 Å². The Morgan fingerprint density at radius 3 is 2.95 bits per heavy atom. The number of para-hydroxylation sites is 1. The van der Waals surface area contributed by atoms with Crippen LogP contribution in [0.3, 0.4) is 0 Å². The zero-order valence-electron chi connectivity index (χ0n) is 13.3. The van der Waals surface area contributed by atoms with E-state index >= 15 is 0 Å². The summed E-state index contributed by atoms with van der Waals surface area (Å²) in [5.74, 6) is 0.356. The highest BCUT2D eigenvalue weighted by molar-refractivity contribution is 5.82. The van der Waals surface area contributed by atoms with E-state index in [-0.39, 0.29) is 24.3 Å². The predicted molar refractivity (Wildman–Crippen MR) is 86.5 cm³/mol. The molecule has 22 heavy (non-hydrogen) atoms. The van der Waals surface area contributed by atoms with Crippen molar-refractivity contribution in [2.45, 2.75) is 51.5 Å². The zero-order chi connectivity index (χ0) is 15.5. The van der Waals surface area contributed by atoms with E-state index in [1.54, 1.807) is 6.07 Å². The lowest BCUT2D eigenvalue weighted by atomic mass is 9.86. The quantitative estimate of drug-likeness (QED) is 0.929. The molecule has 1 aromatic rings. The third-order valence-electron chi connectivity index (χ3n) is 5.05. The van der Waals surface area contributed by atoms with Crippen molar-refractivity contribution >= 4 is 11.6 Å². The molecule has 0 saturated heterocycles. The summed E-state index contributed by atoms with van der Waals surface area (Å²) in [5.41, 5.74) is 1.64. The molecule has 1 aliphatic carbocycles. The number of fused-ring (bicyclic) bond motifs is 1. The minimum Gasteiger partial charge on any atom is -0.360 e. The molecule has 1 heterocycles. The van der Waals surface area contributed by atoms with Crippen LogP contribution < -0.4 is 10.2 Å². The van der Waals surface area contributed by atoms with Gasteiger partial charge in [-0.3, -0.25) is 4.79 Å². The van der Waals surface area contributed by atoms with E-state index in [9.17, 15) is 9.18 Å². The molecule has 0 unspecified atom stereocenters. The first-order valence-electron chi connectivity index (χ1n) is 8.47. The molecule has 0 bridgehead atoms. The summed E-state index contributed by atoms with van der Waals surface area (Å²) < 4.78 is 14.1. The van der Waals surface area contributed by atoms with Crippen LogP contribution in [-0.2, 0) is 11.2 Å². The number of hydrogen-bond donors (Lipinski definition) is 1. The SMILES string of the molecule is C[C@@H]1CCCC[C@H]1NC(=O)CN1CCCc2cccc(F)c21. The van der Waals surface area contributed by atoms with Crippen LogP contribution in [0.5, 0.6) is 0 Å². The van der Waals surface area contributed by atoms with Gasteiger partial charge in [0.1, 0.15) is 5.82 Å². The van der Waals surface area contributed by atoms with Crippen LogP contribution in [0.4, 0.5) is 10.1 Å². The molecule has 0 radical (unpaired) electrons. The molecule has 2 atom stereocenters. The topological polar surface area (TPSA) is 32.3 Å². The highest BCUT2D eigenvalue weighted by Crippen LogP contribution is 2.29. The van der Waals surface area contributed by atoms with Gasteiger partial charge in [0.25, 0.3) is 0 Å². The summed E-state index contributed by atoms with van der Waals surface area (Å²) in [7, 11) is 0. The van der Waals surface area contributed by atoms with Gasteiger partial charge in [0, 0.05) is 12.6 Å². The first kappa shape index (κ1) is 15.3. The van der Waals surface area contributed by atoms with Gasteiger partial charge in [0.15, 0.2) is 0 Å². The number of halogens is 1. The van der Waals surface area contributed by atoms with Gasteiger partial charge < -0.3 is 10.2 Å². The summed E-state index contributed by atoms with van der Waals surface area (Å²) in [6, 6.07) is 5.48. The van der Waals surface area contributed by atoms with Crippen molar-refractivity contribution in [2.75, 3.05) is 18.0 Å². The summed E-state index contributed by atoms with van der Waals surface area (Å²) in [5, 5.41) is 3.16. The molecule has 1 N–H and O–H groups in total. The van der Waals surface area contributed by atoms with Crippen molar-refractivity contribution in [1.29, 1.82) is 0 Å². The summed E-state index contributed by atoms with van der Waals surface area (Å²) in [4.78, 5) is 14.3. The van der Waals surface area contributed by atoms with Crippen LogP contribution in [0.2, 0.25) is 0 Å². The molecule has 1 aromatic carbocycles. The molecule has 1 aliphatic heterocycles. The number of benzene rings is 1. The van der Waals surface area contributed by atoms with E-state index in [0.29, 0.717) is 11.6 Å². The summed E-state index contributed by atoms with van der Waals surface area (Å²) in [6.45, 7) is 3.22. The fraction of sp³-hybridized carbons (Fsp3) is 0.611. The van der Waals surface area contributed by atoms with E-state index < -0.39 is 0 Å². The summed E-state index contributed by atoms with van der Waals surface area (Å²) >= 11 is 0. The maximum atomic E-state index is 14.1. The number of nitrogens with zero attached hydrogens (tertiary/aromatic N) is 1. The maximum Gasteiger partial charge on any atom is 0.239 e. The van der Waals surface area contributed by atoms with Crippen LogP contribution in [0, 0.1) is 11.7 Å². The Morgan fingerprint density at radius 1 is 1.32 bits per heavy atom. The number of rotatable bonds is 3. The second-order valence-corrected chi connectivity index (χ2v) is 6.71. The van der Waals surface area contributed by atoms with Crippen LogP contribution in [-0.4, -0.2) is 25.0 Å². The lowest BCUT2D eigenvalue weighted by Gasteiger charge is -2.33. The number of anilines is 1. The van der Waals surface area contributed by atoms with Crippen LogP contribution >= 0.6 is 0 Å². The van der Waals surface area contributed by atoms with Gasteiger partial charge in [-0.05, 0) is 43.2 Å². The largest absolute Gasteiger partial charge is 0.360 e. The van der Waals surface area contributed by atoms with Crippen molar-refractivity contribution < 1.29 is 9.18 Å². The fourth-order valence-corrected chi connectivity index (χ4v) is 3.80. The third-order valence-corrected chi connectivity index (χ3v) is 5.05. The van der Waals surface area contributed by atoms with Crippen molar-refractivity contribution in [3.8, 4) is 0 Å². The van der Waals surface area contributed by atoms with Gasteiger partial charge in [-0.15, -0.1) is 0 Å². The van der Waals surface area contributed by atoms with Gasteiger partial charge >= 0.3 is 0 Å².